The number of nitrogens with one attached hydrogen (secondary N) is 3. The first-order valence-corrected chi connectivity index (χ1v) is 11.7. The number of hydrogen-bond acceptors (Lipinski definition) is 5. The van der Waals surface area contributed by atoms with Crippen molar-refractivity contribution in [1.82, 2.24) is 10.0 Å². The summed E-state index contributed by atoms with van der Waals surface area (Å²) in [5.74, 6) is 0.0810. The monoisotopic (exact) mass is 487 g/mol. The highest BCUT2D eigenvalue weighted by Gasteiger charge is 2.18. The van der Waals surface area contributed by atoms with Crippen LogP contribution in [0.3, 0.4) is 0 Å². The normalized spacial score (nSPS) is 10.8. The molecule has 0 heterocycles. The molecule has 3 aromatic rings. The van der Waals surface area contributed by atoms with Gasteiger partial charge in [0.1, 0.15) is 5.75 Å². The average molecular weight is 488 g/mol. The second-order valence-electron chi connectivity index (χ2n) is 6.92. The molecular formula is C23H22ClN3O5S. The molecule has 0 fully saturated rings. The molecule has 33 heavy (non-hydrogen) atoms. The zero-order valence-electron chi connectivity index (χ0n) is 17.7. The third kappa shape index (κ3) is 6.71. The lowest BCUT2D eigenvalue weighted by Gasteiger charge is -2.11. The highest BCUT2D eigenvalue weighted by atomic mass is 35.5. The van der Waals surface area contributed by atoms with E-state index in [1.807, 2.05) is 4.72 Å². The molecule has 8 nitrogen and oxygen atoms in total. The smallest absolute Gasteiger partial charge is 0.333 e. The molecule has 3 rings (SSSR count). The Morgan fingerprint density at radius 2 is 1.67 bits per heavy atom. The molecular weight excluding hydrogens is 466 g/mol. The van der Waals surface area contributed by atoms with Gasteiger partial charge in [-0.3, -0.25) is 4.79 Å². The van der Waals surface area contributed by atoms with E-state index in [2.05, 4.69) is 10.6 Å². The van der Waals surface area contributed by atoms with Gasteiger partial charge in [0.05, 0.1) is 17.6 Å². The number of hydrogen-bond donors (Lipinski definition) is 3. The second-order valence-corrected chi connectivity index (χ2v) is 9.04. The molecule has 0 radical (unpaired) electrons. The minimum Gasteiger partial charge on any atom is -0.496 e. The van der Waals surface area contributed by atoms with E-state index >= 15 is 0 Å². The molecule has 0 bridgehead atoms. The number of para-hydroxylation sites is 1. The van der Waals surface area contributed by atoms with Crippen LogP contribution in [-0.2, 0) is 16.4 Å². The highest BCUT2D eigenvalue weighted by molar-refractivity contribution is 7.90. The Kier molecular flexibility index (Phi) is 7.92. The highest BCUT2D eigenvalue weighted by Crippen LogP contribution is 2.22. The predicted molar refractivity (Wildman–Crippen MR) is 126 cm³/mol. The Bertz CT molecular complexity index is 1230. The van der Waals surface area contributed by atoms with Crippen LogP contribution in [-0.4, -0.2) is 34.0 Å². The van der Waals surface area contributed by atoms with Gasteiger partial charge in [0.15, 0.2) is 0 Å². The molecule has 0 spiro atoms. The van der Waals surface area contributed by atoms with E-state index in [0.717, 1.165) is 5.56 Å². The third-order valence-electron chi connectivity index (χ3n) is 4.60. The number of anilines is 1. The molecule has 3 aromatic carbocycles. The van der Waals surface area contributed by atoms with Gasteiger partial charge >= 0.3 is 6.03 Å². The minimum atomic E-state index is -4.04. The molecule has 3 N–H and O–H groups in total. The van der Waals surface area contributed by atoms with Crippen molar-refractivity contribution in [2.24, 2.45) is 0 Å². The van der Waals surface area contributed by atoms with Gasteiger partial charge in [0, 0.05) is 17.3 Å². The summed E-state index contributed by atoms with van der Waals surface area (Å²) in [7, 11) is -2.57. The molecule has 0 unspecified atom stereocenters. The van der Waals surface area contributed by atoms with Crippen LogP contribution in [0.25, 0.3) is 0 Å². The Morgan fingerprint density at radius 3 is 2.33 bits per heavy atom. The van der Waals surface area contributed by atoms with Crippen LogP contribution in [0.5, 0.6) is 5.75 Å². The van der Waals surface area contributed by atoms with E-state index in [1.54, 1.807) is 54.6 Å². The lowest BCUT2D eigenvalue weighted by molar-refractivity contribution is 0.0951. The number of rotatable bonds is 8. The summed E-state index contributed by atoms with van der Waals surface area (Å²) in [5.41, 5.74) is 1.60. The van der Waals surface area contributed by atoms with Gasteiger partial charge in [-0.2, -0.15) is 0 Å². The molecule has 0 saturated carbocycles. The Labute approximate surface area is 197 Å². The van der Waals surface area contributed by atoms with Crippen LogP contribution >= 0.6 is 11.6 Å². The number of amides is 3. The average Bonchev–Trinajstić information content (AvgIpc) is 2.79. The molecule has 3 amide bonds. The number of urea groups is 1. The van der Waals surface area contributed by atoms with Crippen LogP contribution in [0.4, 0.5) is 10.5 Å². The predicted octanol–water partition coefficient (Wildman–Crippen LogP) is 3.83. The van der Waals surface area contributed by atoms with E-state index in [9.17, 15) is 18.0 Å². The third-order valence-corrected chi connectivity index (χ3v) is 6.18. The quantitative estimate of drug-likeness (QED) is 0.447. The van der Waals surface area contributed by atoms with Crippen molar-refractivity contribution >= 4 is 39.2 Å². The number of ether oxygens (including phenoxy) is 1. The van der Waals surface area contributed by atoms with Crippen molar-refractivity contribution in [1.29, 1.82) is 0 Å². The van der Waals surface area contributed by atoms with E-state index < -0.39 is 16.1 Å². The van der Waals surface area contributed by atoms with Crippen molar-refractivity contribution in [2.75, 3.05) is 19.0 Å². The number of benzene rings is 3. The Morgan fingerprint density at radius 1 is 0.970 bits per heavy atom. The zero-order valence-corrected chi connectivity index (χ0v) is 19.2. The van der Waals surface area contributed by atoms with Crippen LogP contribution in [0.15, 0.2) is 77.7 Å². The molecule has 0 saturated heterocycles. The van der Waals surface area contributed by atoms with Crippen molar-refractivity contribution in [3.63, 3.8) is 0 Å². The maximum atomic E-state index is 12.4. The summed E-state index contributed by atoms with van der Waals surface area (Å²) in [6, 6.07) is 18.5. The maximum Gasteiger partial charge on any atom is 0.333 e. The Hall–Kier alpha value is -3.56. The first-order chi connectivity index (χ1) is 15.8. The van der Waals surface area contributed by atoms with Gasteiger partial charge in [0.25, 0.3) is 15.9 Å². The first kappa shape index (κ1) is 24.1. The largest absolute Gasteiger partial charge is 0.496 e. The summed E-state index contributed by atoms with van der Waals surface area (Å²) < 4.78 is 32.0. The fraction of sp³-hybridized carbons (Fsp3) is 0.130. The van der Waals surface area contributed by atoms with Crippen LogP contribution in [0, 0.1) is 0 Å². The van der Waals surface area contributed by atoms with E-state index in [0.29, 0.717) is 35.0 Å². The number of carbonyl (C=O) groups excluding carboxylic acids is 2. The number of halogens is 1. The van der Waals surface area contributed by atoms with Gasteiger partial charge in [-0.25, -0.2) is 17.9 Å². The summed E-state index contributed by atoms with van der Waals surface area (Å²) in [6.45, 7) is 0.318. The first-order valence-electron chi connectivity index (χ1n) is 9.88. The molecule has 0 aliphatic heterocycles. The molecule has 0 aromatic heterocycles. The number of methoxy groups -OCH3 is 1. The molecule has 10 heteroatoms. The summed E-state index contributed by atoms with van der Waals surface area (Å²) in [6.07, 6.45) is 0.469. The van der Waals surface area contributed by atoms with Gasteiger partial charge < -0.3 is 15.4 Å². The molecule has 0 aliphatic carbocycles. The second kappa shape index (κ2) is 10.8. The summed E-state index contributed by atoms with van der Waals surface area (Å²) in [5, 5.41) is 5.66. The fourth-order valence-corrected chi connectivity index (χ4v) is 4.05. The topological polar surface area (TPSA) is 114 Å². The summed E-state index contributed by atoms with van der Waals surface area (Å²) >= 11 is 5.96. The van der Waals surface area contributed by atoms with Crippen molar-refractivity contribution in [3.05, 3.63) is 88.9 Å². The summed E-state index contributed by atoms with van der Waals surface area (Å²) in [4.78, 5) is 24.4. The lowest BCUT2D eigenvalue weighted by Crippen LogP contribution is -2.34. The number of carbonyl (C=O) groups is 2. The van der Waals surface area contributed by atoms with E-state index in [-0.39, 0.29) is 10.8 Å². The molecule has 0 aliphatic rings. The van der Waals surface area contributed by atoms with Crippen LogP contribution in [0.1, 0.15) is 15.9 Å². The van der Waals surface area contributed by atoms with Gasteiger partial charge in [0.2, 0.25) is 0 Å². The lowest BCUT2D eigenvalue weighted by atomic mass is 10.1. The Balaban J connectivity index is 1.55. The fourth-order valence-electron chi connectivity index (χ4n) is 2.97. The molecule has 172 valence electrons. The minimum absolute atomic E-state index is 0.0536. The van der Waals surface area contributed by atoms with Crippen LogP contribution < -0.4 is 20.1 Å². The number of sulfonamides is 1. The van der Waals surface area contributed by atoms with Crippen molar-refractivity contribution in [3.8, 4) is 5.75 Å². The maximum absolute atomic E-state index is 12.4. The zero-order chi connectivity index (χ0) is 23.8. The molecule has 0 atom stereocenters. The standard InChI is InChI=1S/C23H22ClN3O5S/c1-32-21-12-9-17(24)15-20(21)22(28)25-14-13-16-7-10-19(11-8-16)33(30,31)27-23(29)26-18-5-3-2-4-6-18/h2-12,15H,13-14H2,1H3,(H,25,28)(H2,26,27,29). The van der Waals surface area contributed by atoms with Gasteiger partial charge in [-0.05, 0) is 54.4 Å². The van der Waals surface area contributed by atoms with E-state index in [4.69, 9.17) is 16.3 Å². The van der Waals surface area contributed by atoms with Crippen molar-refractivity contribution < 1.29 is 22.7 Å². The van der Waals surface area contributed by atoms with Gasteiger partial charge in [-0.15, -0.1) is 0 Å². The van der Waals surface area contributed by atoms with Crippen molar-refractivity contribution in [2.45, 2.75) is 11.3 Å². The van der Waals surface area contributed by atoms with Crippen LogP contribution in [0.2, 0.25) is 5.02 Å². The van der Waals surface area contributed by atoms with E-state index in [1.165, 1.54) is 25.3 Å². The SMILES string of the molecule is COc1ccc(Cl)cc1C(=O)NCCc1ccc(S(=O)(=O)NC(=O)Nc2ccccc2)cc1. The van der Waals surface area contributed by atoms with Gasteiger partial charge in [-0.1, -0.05) is 41.9 Å².